The zero-order chi connectivity index (χ0) is 23.4. The van der Waals surface area contributed by atoms with Crippen LogP contribution in [0.15, 0.2) is 81.2 Å². The van der Waals surface area contributed by atoms with E-state index >= 15 is 0 Å². The van der Waals surface area contributed by atoms with Crippen molar-refractivity contribution >= 4 is 48.3 Å². The van der Waals surface area contributed by atoms with Gasteiger partial charge in [-0.2, -0.15) is 9.41 Å². The summed E-state index contributed by atoms with van der Waals surface area (Å²) in [6, 6.07) is 20.7. The van der Waals surface area contributed by atoms with Gasteiger partial charge >= 0.3 is 0 Å². The van der Waals surface area contributed by atoms with Gasteiger partial charge < -0.3 is 0 Å². The summed E-state index contributed by atoms with van der Waals surface area (Å²) in [5.41, 5.74) is 4.34. The highest BCUT2D eigenvalue weighted by molar-refractivity contribution is 9.10. The highest BCUT2D eigenvalue weighted by Crippen LogP contribution is 2.21. The molecule has 4 rings (SSSR count). The number of hydrazone groups is 1. The number of piperazine rings is 1. The van der Waals surface area contributed by atoms with Crippen molar-refractivity contribution in [1.29, 1.82) is 0 Å². The zero-order valence-corrected chi connectivity index (χ0v) is 20.6. The molecule has 3 aromatic carbocycles. The van der Waals surface area contributed by atoms with E-state index in [1.807, 2.05) is 54.3 Å². The van der Waals surface area contributed by atoms with Crippen molar-refractivity contribution < 1.29 is 13.2 Å². The number of rotatable bonds is 6. The topological polar surface area (TPSA) is 82.1 Å². The van der Waals surface area contributed by atoms with Gasteiger partial charge in [-0.05, 0) is 42.0 Å². The molecule has 1 aliphatic rings. The van der Waals surface area contributed by atoms with Crippen LogP contribution in [0.25, 0.3) is 10.8 Å². The predicted molar refractivity (Wildman–Crippen MR) is 134 cm³/mol. The van der Waals surface area contributed by atoms with E-state index in [4.69, 9.17) is 0 Å². The number of hydrogen-bond acceptors (Lipinski definition) is 5. The van der Waals surface area contributed by atoms with Crippen molar-refractivity contribution in [1.82, 2.24) is 14.6 Å². The molecule has 1 amide bonds. The number of amides is 1. The summed E-state index contributed by atoms with van der Waals surface area (Å²) in [7, 11) is -3.54. The van der Waals surface area contributed by atoms with Crippen LogP contribution in [0.4, 0.5) is 0 Å². The Morgan fingerprint density at radius 1 is 0.970 bits per heavy atom. The molecule has 0 atom stereocenters. The third kappa shape index (κ3) is 5.50. The molecular formula is C24H25BrN4O3S. The lowest BCUT2D eigenvalue weighted by Crippen LogP contribution is -2.50. The summed E-state index contributed by atoms with van der Waals surface area (Å²) in [6.45, 7) is 3.67. The first-order valence-corrected chi connectivity index (χ1v) is 12.9. The SMILES string of the molecule is CC(=NNC(=O)CN1CCN(S(=O)(=O)c2ccc(Br)cc2)CC1)c1cccc2ccccc12. The lowest BCUT2D eigenvalue weighted by atomic mass is 10.0. The number of nitrogens with zero attached hydrogens (tertiary/aromatic N) is 3. The number of sulfonamides is 1. The van der Waals surface area contributed by atoms with Gasteiger partial charge in [0.25, 0.3) is 5.91 Å². The monoisotopic (exact) mass is 528 g/mol. The van der Waals surface area contributed by atoms with E-state index in [-0.39, 0.29) is 17.3 Å². The average molecular weight is 529 g/mol. The van der Waals surface area contributed by atoms with E-state index in [0.29, 0.717) is 26.2 Å². The number of carbonyl (C=O) groups is 1. The minimum absolute atomic E-state index is 0.165. The van der Waals surface area contributed by atoms with Gasteiger partial charge in [0.05, 0.1) is 17.2 Å². The third-order valence-corrected chi connectivity index (χ3v) is 8.12. The first-order chi connectivity index (χ1) is 15.8. The normalized spacial score (nSPS) is 16.1. The van der Waals surface area contributed by atoms with Crippen LogP contribution in [-0.4, -0.2) is 62.0 Å². The molecule has 0 saturated carbocycles. The van der Waals surface area contributed by atoms with Gasteiger partial charge in [-0.3, -0.25) is 9.69 Å². The first kappa shape index (κ1) is 23.6. The molecule has 1 saturated heterocycles. The molecule has 1 N–H and O–H groups in total. The Morgan fingerprint density at radius 3 is 2.36 bits per heavy atom. The zero-order valence-electron chi connectivity index (χ0n) is 18.2. The minimum atomic E-state index is -3.54. The molecule has 1 fully saturated rings. The van der Waals surface area contributed by atoms with Gasteiger partial charge in [0.15, 0.2) is 0 Å². The lowest BCUT2D eigenvalue weighted by molar-refractivity contribution is -0.122. The first-order valence-electron chi connectivity index (χ1n) is 10.6. The molecule has 0 spiro atoms. The van der Waals surface area contributed by atoms with Gasteiger partial charge in [0.1, 0.15) is 0 Å². The smallest absolute Gasteiger partial charge is 0.254 e. The van der Waals surface area contributed by atoms with Crippen LogP contribution < -0.4 is 5.43 Å². The Balaban J connectivity index is 1.32. The highest BCUT2D eigenvalue weighted by Gasteiger charge is 2.29. The molecule has 3 aromatic rings. The molecule has 0 bridgehead atoms. The maximum Gasteiger partial charge on any atom is 0.254 e. The number of carbonyl (C=O) groups excluding carboxylic acids is 1. The van der Waals surface area contributed by atoms with Crippen molar-refractivity contribution in [3.8, 4) is 0 Å². The summed E-state index contributed by atoms with van der Waals surface area (Å²) in [5, 5.41) is 6.49. The van der Waals surface area contributed by atoms with Crippen molar-refractivity contribution in [2.45, 2.75) is 11.8 Å². The molecule has 1 aliphatic heterocycles. The predicted octanol–water partition coefficient (Wildman–Crippen LogP) is 3.45. The van der Waals surface area contributed by atoms with Crippen LogP contribution in [0.5, 0.6) is 0 Å². The number of nitrogens with one attached hydrogen (secondary N) is 1. The Kier molecular flexibility index (Phi) is 7.23. The van der Waals surface area contributed by atoms with Crippen molar-refractivity contribution in [2.24, 2.45) is 5.10 Å². The molecule has 0 unspecified atom stereocenters. The van der Waals surface area contributed by atoms with Gasteiger partial charge in [0.2, 0.25) is 10.0 Å². The highest BCUT2D eigenvalue weighted by atomic mass is 79.9. The molecule has 9 heteroatoms. The lowest BCUT2D eigenvalue weighted by Gasteiger charge is -2.33. The van der Waals surface area contributed by atoms with E-state index in [2.05, 4.69) is 26.5 Å². The third-order valence-electron chi connectivity index (χ3n) is 5.68. The average Bonchev–Trinajstić information content (AvgIpc) is 2.83. The van der Waals surface area contributed by atoms with Crippen LogP contribution in [0.2, 0.25) is 0 Å². The van der Waals surface area contributed by atoms with E-state index in [0.717, 1.165) is 26.5 Å². The van der Waals surface area contributed by atoms with Crippen molar-refractivity contribution in [3.63, 3.8) is 0 Å². The van der Waals surface area contributed by atoms with Crippen LogP contribution in [0, 0.1) is 0 Å². The number of benzene rings is 3. The standard InChI is InChI=1S/C24H25BrN4O3S/c1-18(22-8-4-6-19-5-2-3-7-23(19)22)26-27-24(30)17-28-13-15-29(16-14-28)33(31,32)21-11-9-20(25)10-12-21/h2-12H,13-17H2,1H3,(H,27,30). The van der Waals surface area contributed by atoms with E-state index in [9.17, 15) is 13.2 Å². The van der Waals surface area contributed by atoms with Crippen LogP contribution in [0.3, 0.4) is 0 Å². The summed E-state index contributed by atoms with van der Waals surface area (Å²) >= 11 is 3.32. The molecular weight excluding hydrogens is 504 g/mol. The molecule has 33 heavy (non-hydrogen) atoms. The Bertz CT molecular complexity index is 1280. The number of hydrogen-bond donors (Lipinski definition) is 1. The second kappa shape index (κ2) is 10.1. The fraction of sp³-hybridized carbons (Fsp3) is 0.250. The van der Waals surface area contributed by atoms with E-state index in [1.54, 1.807) is 24.3 Å². The van der Waals surface area contributed by atoms with Gasteiger partial charge in [-0.25, -0.2) is 13.8 Å². The van der Waals surface area contributed by atoms with Crippen LogP contribution in [-0.2, 0) is 14.8 Å². The maximum absolute atomic E-state index is 12.8. The van der Waals surface area contributed by atoms with Crippen LogP contribution >= 0.6 is 15.9 Å². The van der Waals surface area contributed by atoms with E-state index in [1.165, 1.54) is 4.31 Å². The molecule has 172 valence electrons. The number of halogens is 1. The second-order valence-corrected chi connectivity index (χ2v) is 10.7. The minimum Gasteiger partial charge on any atom is -0.292 e. The van der Waals surface area contributed by atoms with Gasteiger partial charge in [-0.1, -0.05) is 58.4 Å². The summed E-state index contributed by atoms with van der Waals surface area (Å²) in [6.07, 6.45) is 0. The van der Waals surface area contributed by atoms with Gasteiger partial charge in [0, 0.05) is 36.2 Å². The summed E-state index contributed by atoms with van der Waals surface area (Å²) < 4.78 is 28.0. The Labute approximate surface area is 202 Å². The molecule has 0 radical (unpaired) electrons. The van der Waals surface area contributed by atoms with Gasteiger partial charge in [-0.15, -0.1) is 0 Å². The largest absolute Gasteiger partial charge is 0.292 e. The van der Waals surface area contributed by atoms with Crippen molar-refractivity contribution in [2.75, 3.05) is 32.7 Å². The molecule has 0 aromatic heterocycles. The van der Waals surface area contributed by atoms with E-state index < -0.39 is 10.0 Å². The fourth-order valence-electron chi connectivity index (χ4n) is 3.87. The Hall–Kier alpha value is -2.59. The molecule has 7 nitrogen and oxygen atoms in total. The van der Waals surface area contributed by atoms with Crippen LogP contribution in [0.1, 0.15) is 12.5 Å². The number of fused-ring (bicyclic) bond motifs is 1. The Morgan fingerprint density at radius 2 is 1.64 bits per heavy atom. The fourth-order valence-corrected chi connectivity index (χ4v) is 5.56. The molecule has 0 aliphatic carbocycles. The molecule has 1 heterocycles. The van der Waals surface area contributed by atoms with Crippen molar-refractivity contribution in [3.05, 3.63) is 76.8 Å². The summed E-state index contributed by atoms with van der Waals surface area (Å²) in [4.78, 5) is 14.7. The quantitative estimate of drug-likeness (QED) is 0.392. The maximum atomic E-state index is 12.8. The summed E-state index contributed by atoms with van der Waals surface area (Å²) in [5.74, 6) is -0.223. The second-order valence-electron chi connectivity index (χ2n) is 7.89.